The Morgan fingerprint density at radius 1 is 0.877 bits per heavy atom. The highest BCUT2D eigenvalue weighted by Gasteiger charge is 2.50. The molecule has 3 aliphatic heterocycles. The van der Waals surface area contributed by atoms with Gasteiger partial charge in [0.1, 0.15) is 6.29 Å². The van der Waals surface area contributed by atoms with E-state index in [0.717, 1.165) is 49.5 Å². The summed E-state index contributed by atoms with van der Waals surface area (Å²) in [4.78, 5) is 11.2. The predicted molar refractivity (Wildman–Crippen MR) is 234 cm³/mol. The second-order valence-electron chi connectivity index (χ2n) is 20.1. The highest BCUT2D eigenvalue weighted by atomic mass is 32.2. The maximum atomic E-state index is 14.1. The molecule has 324 valence electrons. The number of aldehydes is 1. The maximum Gasteiger partial charge on any atom is 0.192 e. The van der Waals surface area contributed by atoms with E-state index in [2.05, 4.69) is 87.8 Å². The van der Waals surface area contributed by atoms with Crippen molar-refractivity contribution in [2.75, 3.05) is 19.5 Å². The van der Waals surface area contributed by atoms with Crippen LogP contribution in [0, 0.1) is 11.8 Å². The molecule has 0 radical (unpaired) electrons. The van der Waals surface area contributed by atoms with Crippen LogP contribution in [0.25, 0.3) is 0 Å². The Morgan fingerprint density at radius 3 is 2.11 bits per heavy atom. The van der Waals surface area contributed by atoms with Crippen LogP contribution >= 0.6 is 0 Å². The molecule has 12 heteroatoms. The van der Waals surface area contributed by atoms with Crippen molar-refractivity contribution in [2.45, 2.75) is 190 Å². The van der Waals surface area contributed by atoms with Gasteiger partial charge >= 0.3 is 0 Å². The van der Waals surface area contributed by atoms with Crippen molar-refractivity contribution in [3.63, 3.8) is 0 Å². The van der Waals surface area contributed by atoms with Crippen molar-refractivity contribution in [1.82, 2.24) is 0 Å². The smallest absolute Gasteiger partial charge is 0.192 e. The zero-order valence-corrected chi connectivity index (χ0v) is 40.1. The summed E-state index contributed by atoms with van der Waals surface area (Å²) in [5, 5.41) is 0.0137. The van der Waals surface area contributed by atoms with Crippen LogP contribution in [0.3, 0.4) is 0 Å². The highest BCUT2D eigenvalue weighted by molar-refractivity contribution is 7.91. The van der Waals surface area contributed by atoms with Gasteiger partial charge in [0.2, 0.25) is 0 Å². The summed E-state index contributed by atoms with van der Waals surface area (Å²) in [5.41, 5.74) is 2.09. The summed E-state index contributed by atoms with van der Waals surface area (Å²) in [6, 6.07) is 8.66. The summed E-state index contributed by atoms with van der Waals surface area (Å²) in [6.45, 7) is 33.9. The third-order valence-corrected chi connectivity index (χ3v) is 24.6. The van der Waals surface area contributed by atoms with Gasteiger partial charge in [-0.2, -0.15) is 0 Å². The first-order chi connectivity index (χ1) is 26.4. The quantitative estimate of drug-likeness (QED) is 0.0764. The molecule has 0 N–H and O–H groups in total. The lowest BCUT2D eigenvalue weighted by molar-refractivity contribution is -0.108. The first kappa shape index (κ1) is 48.2. The minimum Gasteiger partial charge on any atom is -0.414 e. The Labute approximate surface area is 348 Å². The number of carbonyl (C=O) groups is 1. The predicted octanol–water partition coefficient (Wildman–Crippen LogP) is 9.87. The number of methoxy groups -OCH3 is 1. The Morgan fingerprint density at radius 2 is 1.51 bits per heavy atom. The molecule has 10 atom stereocenters. The summed E-state index contributed by atoms with van der Waals surface area (Å²) >= 11 is 0. The number of hydrogen-bond donors (Lipinski definition) is 0. The average molecular weight is 849 g/mol. The van der Waals surface area contributed by atoms with Crippen LogP contribution < -0.4 is 0 Å². The van der Waals surface area contributed by atoms with E-state index in [1.807, 2.05) is 6.07 Å². The van der Waals surface area contributed by atoms with E-state index in [1.165, 1.54) is 0 Å². The van der Waals surface area contributed by atoms with Crippen molar-refractivity contribution in [1.29, 1.82) is 0 Å². The van der Waals surface area contributed by atoms with Crippen LogP contribution in [0.2, 0.25) is 36.3 Å². The number of sulfone groups is 1. The van der Waals surface area contributed by atoms with Crippen LogP contribution in [0.1, 0.15) is 99.8 Å². The average Bonchev–Trinajstić information content (AvgIpc) is 3.63. The van der Waals surface area contributed by atoms with Crippen molar-refractivity contribution in [3.05, 3.63) is 54.6 Å². The van der Waals surface area contributed by atoms with Gasteiger partial charge < -0.3 is 32.6 Å². The van der Waals surface area contributed by atoms with Gasteiger partial charge in [0, 0.05) is 32.3 Å². The van der Waals surface area contributed by atoms with Crippen LogP contribution in [-0.2, 0) is 42.4 Å². The van der Waals surface area contributed by atoms with Crippen LogP contribution in [0.15, 0.2) is 59.5 Å². The molecular weight excluding hydrogens is 773 g/mol. The van der Waals surface area contributed by atoms with E-state index in [4.69, 9.17) is 27.8 Å². The largest absolute Gasteiger partial charge is 0.414 e. The van der Waals surface area contributed by atoms with Crippen LogP contribution in [0.4, 0.5) is 0 Å². The molecule has 0 aliphatic carbocycles. The Bertz CT molecular complexity index is 1600. The molecule has 0 aromatic heterocycles. The molecule has 3 fully saturated rings. The standard InChI is InChI=1S/C45H76O9SSi2/c1-31-25-35(22-23-39-32(2)26-34(51-39)19-18-24-46)52-40(33(31)3)28-41-38(30-55(47,48)37-20-16-15-17-21-37)43(49-10)42(53-41)27-36(54-57(13,14)45(7,8)9)29-50-56(11,12)44(4,5)6/h15-17,20-21,24,31,34-36,38-43H,2-3,18-19,22-23,25-30H2,1,4-14H3/t31-,34+,35+,36?,38+,39?,40-,41+,42-,43-/m1/s1. The second kappa shape index (κ2) is 19.5. The zero-order valence-electron chi connectivity index (χ0n) is 37.3. The van der Waals surface area contributed by atoms with Gasteiger partial charge in [-0.15, -0.1) is 0 Å². The zero-order chi connectivity index (χ0) is 42.6. The van der Waals surface area contributed by atoms with Crippen molar-refractivity contribution >= 4 is 32.8 Å². The molecule has 0 bridgehead atoms. The molecule has 3 heterocycles. The van der Waals surface area contributed by atoms with E-state index in [0.29, 0.717) is 30.8 Å². The lowest BCUT2D eigenvalue weighted by Gasteiger charge is -2.42. The van der Waals surface area contributed by atoms with Crippen LogP contribution in [-0.4, -0.2) is 99.6 Å². The van der Waals surface area contributed by atoms with Gasteiger partial charge in [0.05, 0.1) is 66.1 Å². The fourth-order valence-corrected chi connectivity index (χ4v) is 12.1. The van der Waals surface area contributed by atoms with Gasteiger partial charge in [0.25, 0.3) is 0 Å². The van der Waals surface area contributed by atoms with E-state index in [9.17, 15) is 13.2 Å². The monoisotopic (exact) mass is 848 g/mol. The van der Waals surface area contributed by atoms with Gasteiger partial charge in [-0.25, -0.2) is 8.42 Å². The number of hydrogen-bond acceptors (Lipinski definition) is 9. The molecule has 9 nitrogen and oxygen atoms in total. The van der Waals surface area contributed by atoms with Crippen LogP contribution in [0.5, 0.6) is 0 Å². The minimum absolute atomic E-state index is 0.0160. The first-order valence-electron chi connectivity index (χ1n) is 21.3. The Hall–Kier alpha value is -1.49. The third-order valence-electron chi connectivity index (χ3n) is 13.7. The lowest BCUT2D eigenvalue weighted by Crippen LogP contribution is -2.49. The number of ether oxygens (including phenoxy) is 4. The molecule has 0 amide bonds. The summed E-state index contributed by atoms with van der Waals surface area (Å²) in [5.74, 6) is -0.348. The molecule has 0 saturated carbocycles. The van der Waals surface area contributed by atoms with Gasteiger partial charge in [-0.05, 0) is 97.6 Å². The molecule has 57 heavy (non-hydrogen) atoms. The second-order valence-corrected chi connectivity index (χ2v) is 31.7. The van der Waals surface area contributed by atoms with E-state index < -0.39 is 50.7 Å². The molecule has 3 saturated heterocycles. The molecule has 4 rings (SSSR count). The topological polar surface area (TPSA) is 107 Å². The number of benzene rings is 1. The third kappa shape index (κ3) is 12.5. The van der Waals surface area contributed by atoms with Gasteiger partial charge in [-0.1, -0.05) is 79.8 Å². The fourth-order valence-electron chi connectivity index (χ4n) is 8.01. The summed E-state index contributed by atoms with van der Waals surface area (Å²) in [7, 11) is -6.37. The highest BCUT2D eigenvalue weighted by Crippen LogP contribution is 2.44. The normalized spacial score (nSPS) is 29.9. The maximum absolute atomic E-state index is 14.1. The Balaban J connectivity index is 1.60. The van der Waals surface area contributed by atoms with Crippen molar-refractivity contribution in [2.24, 2.45) is 11.8 Å². The lowest BCUT2D eigenvalue weighted by atomic mass is 9.83. The van der Waals surface area contributed by atoms with Crippen molar-refractivity contribution in [3.8, 4) is 0 Å². The minimum atomic E-state index is -3.68. The summed E-state index contributed by atoms with van der Waals surface area (Å²) < 4.78 is 68.5. The molecule has 1 aromatic carbocycles. The number of carbonyl (C=O) groups excluding carboxylic acids is 1. The SMILES string of the molecule is C=C1C[C@H](CCC=O)OC1CC[C@H]1C[C@@H](C)C(=C)[C@@H](C[C@@H]2O[C@H](CC(CO[Si](C)(C)C(C)(C)C)O[Si](C)(C)C(C)(C)C)[C@H](OC)[C@H]2CS(=O)(=O)c2ccccc2)O1. The summed E-state index contributed by atoms with van der Waals surface area (Å²) in [6.07, 6.45) is 4.44. The van der Waals surface area contributed by atoms with E-state index in [1.54, 1.807) is 31.4 Å². The molecule has 1 aromatic rings. The fraction of sp³-hybridized carbons (Fsp3) is 0.756. The molecular formula is C45H76O9SSi2. The van der Waals surface area contributed by atoms with E-state index in [-0.39, 0.29) is 52.3 Å². The molecule has 0 spiro atoms. The van der Waals surface area contributed by atoms with Gasteiger partial charge in [0.15, 0.2) is 26.5 Å². The molecule has 3 aliphatic rings. The van der Waals surface area contributed by atoms with E-state index >= 15 is 0 Å². The number of rotatable bonds is 19. The van der Waals surface area contributed by atoms with Crippen molar-refractivity contribution < 1.29 is 41.0 Å². The molecule has 2 unspecified atom stereocenters. The Kier molecular flexibility index (Phi) is 16.5. The first-order valence-corrected chi connectivity index (χ1v) is 28.7. The van der Waals surface area contributed by atoms with Gasteiger partial charge in [-0.3, -0.25) is 0 Å².